The SMILES string of the molecule is CC[C@H]1CCC[C@H](O[C@H]2CC[C@H](N(C)C)C(C)O2)[C@@H](C)C(=O)C2=C[C@@H]3[C@@H](C(c4cccc(F)c4)C=C4C[C@@H](O[C@@H]5OC(C)[C@H](OC)C(OC)[C@@H]5OC)C[C@H]43)[C@@H]2CC(=O)O1. The number of allylic oxidation sites excluding steroid dienone is 3. The number of hydrogen-bond donors (Lipinski definition) is 0. The van der Waals surface area contributed by atoms with Crippen LogP contribution in [0.15, 0.2) is 47.6 Å². The lowest BCUT2D eigenvalue weighted by molar-refractivity contribution is -0.314. The molecule has 1 aromatic carbocycles. The highest BCUT2D eigenvalue weighted by molar-refractivity contribution is 5.99. The van der Waals surface area contributed by atoms with Crippen LogP contribution >= 0.6 is 0 Å². The topological polar surface area (TPSA) is 111 Å². The van der Waals surface area contributed by atoms with Gasteiger partial charge in [-0.1, -0.05) is 43.7 Å². The highest BCUT2D eigenvalue weighted by atomic mass is 19.1. The van der Waals surface area contributed by atoms with Crippen molar-refractivity contribution in [2.45, 2.75) is 159 Å². The van der Waals surface area contributed by atoms with Crippen molar-refractivity contribution < 1.29 is 51.9 Å². The summed E-state index contributed by atoms with van der Waals surface area (Å²) < 4.78 is 65.1. The number of Topliss-reactive ketones (excluding diaryl/α,β-unsaturated/α-hetero) is 1. The minimum atomic E-state index is -0.686. The van der Waals surface area contributed by atoms with E-state index in [4.69, 9.17) is 37.9 Å². The molecule has 3 aliphatic carbocycles. The average molecular weight is 826 g/mol. The Morgan fingerprint density at radius 3 is 2.29 bits per heavy atom. The maximum Gasteiger partial charge on any atom is 0.306 e. The van der Waals surface area contributed by atoms with Crippen molar-refractivity contribution in [3.8, 4) is 0 Å². The lowest BCUT2D eigenvalue weighted by Crippen LogP contribution is -2.59. The van der Waals surface area contributed by atoms with Gasteiger partial charge in [-0.15, -0.1) is 0 Å². The highest BCUT2D eigenvalue weighted by Gasteiger charge is 2.54. The molecule has 0 N–H and O–H groups in total. The molecule has 0 spiro atoms. The fourth-order valence-electron chi connectivity index (χ4n) is 11.5. The first-order valence-electron chi connectivity index (χ1n) is 22.1. The van der Waals surface area contributed by atoms with Gasteiger partial charge in [-0.3, -0.25) is 9.59 Å². The fourth-order valence-corrected chi connectivity index (χ4v) is 11.5. The molecular weight excluding hydrogens is 758 g/mol. The number of esters is 1. The molecule has 328 valence electrons. The Morgan fingerprint density at radius 2 is 1.61 bits per heavy atom. The minimum absolute atomic E-state index is 0.000939. The molecule has 11 nitrogen and oxygen atoms in total. The molecule has 3 aliphatic heterocycles. The molecule has 4 fully saturated rings. The predicted molar refractivity (Wildman–Crippen MR) is 219 cm³/mol. The van der Waals surface area contributed by atoms with Crippen LogP contribution in [-0.4, -0.2) is 120 Å². The third kappa shape index (κ3) is 9.31. The van der Waals surface area contributed by atoms with Crippen molar-refractivity contribution in [3.05, 3.63) is 58.9 Å². The summed E-state index contributed by atoms with van der Waals surface area (Å²) in [4.78, 5) is 31.2. The van der Waals surface area contributed by atoms with Crippen LogP contribution in [0.3, 0.4) is 0 Å². The van der Waals surface area contributed by atoms with Gasteiger partial charge in [-0.25, -0.2) is 4.39 Å². The fraction of sp³-hybridized carbons (Fsp3) is 0.745. The van der Waals surface area contributed by atoms with Gasteiger partial charge in [-0.05, 0) is 120 Å². The summed E-state index contributed by atoms with van der Waals surface area (Å²) in [6.07, 6.45) is 6.92. The van der Waals surface area contributed by atoms with Crippen molar-refractivity contribution in [1.82, 2.24) is 4.90 Å². The first kappa shape index (κ1) is 44.5. The van der Waals surface area contributed by atoms with Gasteiger partial charge in [0.15, 0.2) is 18.4 Å². The van der Waals surface area contributed by atoms with E-state index in [9.17, 15) is 4.79 Å². The first-order chi connectivity index (χ1) is 28.3. The number of nitrogens with zero attached hydrogens (tertiary/aromatic N) is 1. The van der Waals surface area contributed by atoms with Crippen LogP contribution in [-0.2, 0) is 47.5 Å². The Kier molecular flexibility index (Phi) is 14.5. The zero-order valence-corrected chi connectivity index (χ0v) is 36.6. The summed E-state index contributed by atoms with van der Waals surface area (Å²) in [5.41, 5.74) is 2.70. The monoisotopic (exact) mass is 825 g/mol. The van der Waals surface area contributed by atoms with Crippen LogP contribution in [0.25, 0.3) is 0 Å². The molecule has 3 heterocycles. The molecule has 3 saturated heterocycles. The molecule has 0 amide bonds. The van der Waals surface area contributed by atoms with E-state index in [1.807, 2.05) is 26.8 Å². The number of benzene rings is 1. The van der Waals surface area contributed by atoms with E-state index in [1.165, 1.54) is 11.6 Å². The summed E-state index contributed by atoms with van der Waals surface area (Å²) in [6, 6.07) is 7.05. The van der Waals surface area contributed by atoms with Crippen molar-refractivity contribution in [2.75, 3.05) is 35.4 Å². The van der Waals surface area contributed by atoms with Crippen molar-refractivity contribution in [3.63, 3.8) is 0 Å². The highest BCUT2D eigenvalue weighted by Crippen LogP contribution is 2.59. The normalized spacial score (nSPS) is 41.8. The Morgan fingerprint density at radius 1 is 0.847 bits per heavy atom. The standard InChI is InChI=1S/C47H68FNO10/c1-10-31-15-12-16-39(59-41-18-17-38(49(5)6)26(3)55-41)25(2)43(51)37-23-35-33-22-32(58-47-46(54-9)45(53-8)44(52-7)27(4)56-47)20-29(33)21-34(28-13-11-14-30(48)19-28)42(35)36(37)24-40(50)57-31/h11,13-14,19,21,23,25-27,31-36,38-39,41-42,44-47H,10,12,15-18,20,22,24H2,1-9H3/t25-,26?,27?,31+,32-,33-,34?,35+,36-,38+,39+,41+,42-,44+,45?,46+,47+/m1/s1. The summed E-state index contributed by atoms with van der Waals surface area (Å²) >= 11 is 0. The number of carbonyl (C=O) groups is 2. The second-order valence-electron chi connectivity index (χ2n) is 18.2. The number of fused-ring (bicyclic) bond motifs is 5. The summed E-state index contributed by atoms with van der Waals surface area (Å²) in [7, 11) is 9.06. The second kappa shape index (κ2) is 19.2. The van der Waals surface area contributed by atoms with Crippen molar-refractivity contribution in [1.29, 1.82) is 0 Å². The van der Waals surface area contributed by atoms with E-state index < -0.39 is 36.6 Å². The lowest BCUT2D eigenvalue weighted by atomic mass is 9.64. The molecule has 0 radical (unpaired) electrons. The van der Waals surface area contributed by atoms with Gasteiger partial charge in [0, 0.05) is 45.1 Å². The maximum atomic E-state index is 15.1. The zero-order chi connectivity index (χ0) is 42.1. The maximum absolute atomic E-state index is 15.1. The number of ether oxygens (including phenoxy) is 8. The number of cyclic esters (lactones) is 1. The molecule has 0 aromatic heterocycles. The number of rotatable bonds is 10. The van der Waals surface area contributed by atoms with Gasteiger partial charge in [0.1, 0.15) is 30.2 Å². The molecule has 17 atom stereocenters. The molecule has 1 saturated carbocycles. The quantitative estimate of drug-likeness (QED) is 0.177. The van der Waals surface area contributed by atoms with Gasteiger partial charge >= 0.3 is 5.97 Å². The van der Waals surface area contributed by atoms with E-state index in [-0.39, 0.29) is 84.3 Å². The molecular formula is C47H68FNO10. The number of hydrogen-bond acceptors (Lipinski definition) is 11. The van der Waals surface area contributed by atoms with Crippen LogP contribution < -0.4 is 0 Å². The van der Waals surface area contributed by atoms with Crippen LogP contribution in [0.5, 0.6) is 0 Å². The van der Waals surface area contributed by atoms with E-state index in [2.05, 4.69) is 38.1 Å². The van der Waals surface area contributed by atoms with Gasteiger partial charge in [0.2, 0.25) is 0 Å². The Hall–Kier alpha value is -2.55. The third-order valence-corrected chi connectivity index (χ3v) is 14.5. The summed E-state index contributed by atoms with van der Waals surface area (Å²) in [6.45, 7) is 8.07. The van der Waals surface area contributed by atoms with Crippen molar-refractivity contribution >= 4 is 11.8 Å². The molecule has 4 unspecified atom stereocenters. The Labute approximate surface area is 350 Å². The largest absolute Gasteiger partial charge is 0.462 e. The van der Waals surface area contributed by atoms with Crippen molar-refractivity contribution in [2.24, 2.45) is 29.6 Å². The molecule has 7 rings (SSSR count). The van der Waals surface area contributed by atoms with Gasteiger partial charge in [0.25, 0.3) is 0 Å². The van der Waals surface area contributed by atoms with E-state index >= 15 is 9.18 Å². The number of carbonyl (C=O) groups excluding carboxylic acids is 2. The lowest BCUT2D eigenvalue weighted by Gasteiger charge is -2.44. The van der Waals surface area contributed by atoms with Crippen LogP contribution in [0.2, 0.25) is 0 Å². The van der Waals surface area contributed by atoms with E-state index in [0.29, 0.717) is 43.7 Å². The minimum Gasteiger partial charge on any atom is -0.462 e. The molecule has 12 heteroatoms. The van der Waals surface area contributed by atoms with Crippen LogP contribution in [0.4, 0.5) is 4.39 Å². The smallest absolute Gasteiger partial charge is 0.306 e. The zero-order valence-electron chi connectivity index (χ0n) is 36.6. The number of ketones is 1. The predicted octanol–water partition coefficient (Wildman–Crippen LogP) is 7.16. The van der Waals surface area contributed by atoms with E-state index in [1.54, 1.807) is 33.5 Å². The molecule has 0 bridgehead atoms. The number of likely N-dealkylation sites (N-methyl/N-ethyl adjacent to an activating group) is 1. The molecule has 1 aromatic rings. The number of halogens is 1. The summed E-state index contributed by atoms with van der Waals surface area (Å²) in [5, 5.41) is 0. The Balaban J connectivity index is 1.21. The summed E-state index contributed by atoms with van der Waals surface area (Å²) in [5.74, 6) is -1.96. The van der Waals surface area contributed by atoms with Gasteiger partial charge < -0.3 is 42.8 Å². The van der Waals surface area contributed by atoms with Gasteiger partial charge in [0.05, 0.1) is 30.8 Å². The molecule has 59 heavy (non-hydrogen) atoms. The first-order valence-corrected chi connectivity index (χ1v) is 22.1. The number of methoxy groups -OCH3 is 3. The van der Waals surface area contributed by atoms with Crippen LogP contribution in [0.1, 0.15) is 97.0 Å². The average Bonchev–Trinajstić information content (AvgIpc) is 3.79. The Bertz CT molecular complexity index is 1680. The second-order valence-corrected chi connectivity index (χ2v) is 18.2. The molecule has 6 aliphatic rings. The van der Waals surface area contributed by atoms with Gasteiger partial charge in [-0.2, -0.15) is 0 Å². The third-order valence-electron chi connectivity index (χ3n) is 14.5. The van der Waals surface area contributed by atoms with E-state index in [0.717, 1.165) is 24.8 Å². The van der Waals surface area contributed by atoms with Crippen LogP contribution in [0, 0.1) is 35.4 Å².